The fourth-order valence-corrected chi connectivity index (χ4v) is 10.9. The second-order valence-electron chi connectivity index (χ2n) is 17.3. The van der Waals surface area contributed by atoms with Crippen molar-refractivity contribution < 1.29 is 24.4 Å². The second-order valence-corrected chi connectivity index (χ2v) is 18.2. The number of anilines is 2. The molecule has 306 valence electrons. The topological polar surface area (TPSA) is 95.9 Å². The highest BCUT2D eigenvalue weighted by Gasteiger charge is 2.69. The molecular weight excluding hydrogens is 763 g/mol. The molecule has 13 heteroatoms. The monoisotopic (exact) mass is 818 g/mol. The van der Waals surface area contributed by atoms with Gasteiger partial charge in [0, 0.05) is 115 Å². The van der Waals surface area contributed by atoms with Crippen molar-refractivity contribution in [3.05, 3.63) is 71.0 Å². The van der Waals surface area contributed by atoms with Crippen molar-refractivity contribution in [2.24, 2.45) is 23.7 Å². The summed E-state index contributed by atoms with van der Waals surface area (Å²) in [4.78, 5) is 30.8. The molecule has 57 heavy (non-hydrogen) atoms. The van der Waals surface area contributed by atoms with Crippen LogP contribution in [0, 0.1) is 23.7 Å². The Kier molecular flexibility index (Phi) is 11.3. The van der Waals surface area contributed by atoms with Gasteiger partial charge in [-0.25, -0.2) is 9.78 Å². The van der Waals surface area contributed by atoms with Crippen molar-refractivity contribution in [1.82, 2.24) is 19.8 Å². The fraction of sp³-hybridized carbons (Fsp3) is 0.591. The minimum Gasteiger partial charge on any atom is -0.368 e. The van der Waals surface area contributed by atoms with Crippen molar-refractivity contribution in [1.29, 1.82) is 0 Å². The summed E-state index contributed by atoms with van der Waals surface area (Å²) in [7, 11) is 0. The first kappa shape index (κ1) is 39.6. The minimum atomic E-state index is -0.781. The molecule has 1 aliphatic carbocycles. The van der Waals surface area contributed by atoms with Crippen molar-refractivity contribution in [2.45, 2.75) is 76.8 Å². The van der Waals surface area contributed by atoms with Crippen molar-refractivity contribution in [2.75, 3.05) is 75.2 Å². The summed E-state index contributed by atoms with van der Waals surface area (Å²) < 4.78 is 11.9. The molecule has 4 aromatic rings. The number of halogens is 2. The van der Waals surface area contributed by atoms with Gasteiger partial charge in [0.2, 0.25) is 5.79 Å². The smallest absolute Gasteiger partial charge is 0.201 e. The summed E-state index contributed by atoms with van der Waals surface area (Å²) in [5.41, 5.74) is 3.92. The van der Waals surface area contributed by atoms with Crippen LogP contribution < -0.4 is 9.80 Å². The summed E-state index contributed by atoms with van der Waals surface area (Å²) in [6.45, 7) is 17.1. The molecule has 1 N–H and O–H groups in total. The lowest BCUT2D eigenvalue weighted by molar-refractivity contribution is -0.576. The molecule has 7 aliphatic rings. The van der Waals surface area contributed by atoms with Gasteiger partial charge >= 0.3 is 0 Å². The zero-order chi connectivity index (χ0) is 39.3. The molecule has 11 rings (SSSR count). The van der Waals surface area contributed by atoms with Crippen LogP contribution in [-0.4, -0.2) is 114 Å². The third-order valence-corrected chi connectivity index (χ3v) is 14.3. The fourth-order valence-electron chi connectivity index (χ4n) is 10.6. The Morgan fingerprint density at radius 2 is 1.28 bits per heavy atom. The highest BCUT2D eigenvalue weighted by Crippen LogP contribution is 2.60. The van der Waals surface area contributed by atoms with E-state index in [-0.39, 0.29) is 11.8 Å². The van der Waals surface area contributed by atoms with E-state index in [0.29, 0.717) is 11.8 Å². The summed E-state index contributed by atoms with van der Waals surface area (Å²) in [5, 5.41) is 14.0. The highest BCUT2D eigenvalue weighted by molar-refractivity contribution is 6.31. The zero-order valence-electron chi connectivity index (χ0n) is 33.4. The number of nitrogens with zero attached hydrogens (tertiary/aromatic N) is 6. The van der Waals surface area contributed by atoms with Crippen molar-refractivity contribution in [3.8, 4) is 0 Å². The van der Waals surface area contributed by atoms with Gasteiger partial charge in [-0.05, 0) is 106 Å². The number of aliphatic hydroxyl groups is 1. The maximum atomic E-state index is 10.2. The van der Waals surface area contributed by atoms with E-state index in [4.69, 9.17) is 42.5 Å². The van der Waals surface area contributed by atoms with E-state index >= 15 is 0 Å². The average molecular weight is 820 g/mol. The van der Waals surface area contributed by atoms with Crippen LogP contribution in [0.25, 0.3) is 21.8 Å². The number of aliphatic hydroxyl groups excluding tert-OH is 1. The first-order valence-electron chi connectivity index (χ1n) is 21.0. The van der Waals surface area contributed by atoms with Gasteiger partial charge in [-0.1, -0.05) is 37.0 Å². The Balaban J connectivity index is 0.000000177. The lowest BCUT2D eigenvalue weighted by Crippen LogP contribution is -2.70. The molecule has 0 unspecified atom stereocenters. The van der Waals surface area contributed by atoms with E-state index in [0.717, 1.165) is 106 Å². The number of hydrogen-bond donors (Lipinski definition) is 1. The highest BCUT2D eigenvalue weighted by atomic mass is 35.5. The van der Waals surface area contributed by atoms with E-state index < -0.39 is 24.0 Å². The van der Waals surface area contributed by atoms with E-state index in [1.807, 2.05) is 50.5 Å². The van der Waals surface area contributed by atoms with Crippen molar-refractivity contribution >= 4 is 56.4 Å². The van der Waals surface area contributed by atoms with Crippen LogP contribution in [0.2, 0.25) is 10.0 Å². The summed E-state index contributed by atoms with van der Waals surface area (Å²) in [5.74, 6) is 0.437. The molecule has 6 saturated heterocycles. The molecule has 2 aromatic heterocycles. The number of pyridine rings is 2. The molecule has 0 radical (unpaired) electrons. The Morgan fingerprint density at radius 1 is 0.719 bits per heavy atom. The Morgan fingerprint density at radius 3 is 1.84 bits per heavy atom. The average Bonchev–Trinajstić information content (AvgIpc) is 3.45. The quantitative estimate of drug-likeness (QED) is 0.195. The van der Waals surface area contributed by atoms with Crippen LogP contribution in [-0.2, 0) is 19.2 Å². The van der Waals surface area contributed by atoms with Gasteiger partial charge in [-0.15, -0.1) is 0 Å². The summed E-state index contributed by atoms with van der Waals surface area (Å²) >= 11 is 12.3. The molecule has 8 atom stereocenters. The van der Waals surface area contributed by atoms with Crippen molar-refractivity contribution in [3.63, 3.8) is 0 Å². The first-order chi connectivity index (χ1) is 27.6. The number of rotatable bonds is 6. The van der Waals surface area contributed by atoms with Gasteiger partial charge in [0.25, 0.3) is 0 Å². The van der Waals surface area contributed by atoms with Crippen LogP contribution in [0.15, 0.2) is 60.9 Å². The zero-order valence-corrected chi connectivity index (χ0v) is 34.9. The van der Waals surface area contributed by atoms with Gasteiger partial charge in [0.15, 0.2) is 18.2 Å². The normalized spacial score (nSPS) is 33.2. The number of fused-ring (bicyclic) bond motifs is 4. The first-order valence-corrected chi connectivity index (χ1v) is 21.8. The minimum absolute atomic E-state index is 0.0379. The van der Waals surface area contributed by atoms with E-state index in [1.165, 1.54) is 35.0 Å². The maximum absolute atomic E-state index is 10.2. The van der Waals surface area contributed by atoms with E-state index in [2.05, 4.69) is 60.8 Å². The molecule has 2 bridgehead atoms. The predicted molar refractivity (Wildman–Crippen MR) is 224 cm³/mol. The van der Waals surface area contributed by atoms with E-state index in [9.17, 15) is 5.11 Å². The summed E-state index contributed by atoms with van der Waals surface area (Å²) in [6.07, 6.45) is 7.73. The number of aromatic nitrogens is 2. The largest absolute Gasteiger partial charge is 0.368 e. The molecule has 6 aliphatic heterocycles. The molecule has 8 heterocycles. The lowest BCUT2D eigenvalue weighted by atomic mass is 9.58. The van der Waals surface area contributed by atoms with Gasteiger partial charge in [-0.2, -0.15) is 0 Å². The number of benzene rings is 2. The lowest BCUT2D eigenvalue weighted by Gasteiger charge is -2.59. The standard InChI is InChI=1S/C29H32Cl2N6.C15H24O5/c30-22-2-4-24-26(20-22)32-8-6-28(24)36-16-12-34(13-17-36)10-1-11-35-14-18-37(19-15-35)29-7-9-33-27-21-23(31)3-5-25(27)29;1-8-4-5-11-9(2)12(16)17-13-15(11)10(8)6-7-14(3,18-13)19-20-15/h2-9,20-21H,1,10-19H2;8-13,16H,4-7H2,1-3H3/t;8-,9-,10+,11+,12+,13-,14+,15-/m.1/s1. The Labute approximate surface area is 346 Å². The molecule has 1 saturated carbocycles. The molecule has 2 aromatic carbocycles. The summed E-state index contributed by atoms with van der Waals surface area (Å²) in [6, 6.07) is 16.3. The third-order valence-electron chi connectivity index (χ3n) is 13.9. The number of ether oxygens (including phenoxy) is 2. The molecular formula is C44H56Cl2N6O5. The number of piperazine rings is 2. The van der Waals surface area contributed by atoms with E-state index in [1.54, 1.807) is 0 Å². The van der Waals surface area contributed by atoms with Crippen LogP contribution in [0.3, 0.4) is 0 Å². The molecule has 0 amide bonds. The molecule has 11 nitrogen and oxygen atoms in total. The third kappa shape index (κ3) is 7.73. The van der Waals surface area contributed by atoms with Crippen LogP contribution in [0.5, 0.6) is 0 Å². The molecule has 7 fully saturated rings. The number of hydrogen-bond acceptors (Lipinski definition) is 11. The predicted octanol–water partition coefficient (Wildman–Crippen LogP) is 7.61. The Hall–Kier alpha value is -2.84. The van der Waals surface area contributed by atoms with Crippen LogP contribution in [0.4, 0.5) is 11.4 Å². The maximum Gasteiger partial charge on any atom is 0.201 e. The molecule has 1 spiro atoms. The SMILES string of the molecule is C[C@H]1[C@@H](O)O[C@@H]2O[C@]3(C)CC[C@H]4[C@H](C)CC[C@@H]1[C@@]24OO3.Clc1ccc2c(N3CCN(CCCN4CCN(c5ccnc6cc(Cl)ccc56)CC4)CC3)ccnc2c1. The van der Waals surface area contributed by atoms with Crippen LogP contribution in [0.1, 0.15) is 52.9 Å². The van der Waals surface area contributed by atoms with Gasteiger partial charge < -0.3 is 24.4 Å². The van der Waals surface area contributed by atoms with Crippen LogP contribution >= 0.6 is 23.2 Å². The van der Waals surface area contributed by atoms with Gasteiger partial charge in [-0.3, -0.25) is 19.8 Å². The van der Waals surface area contributed by atoms with Gasteiger partial charge in [0.05, 0.1) is 11.0 Å². The second kappa shape index (κ2) is 16.3. The Bertz CT molecular complexity index is 1940. The van der Waals surface area contributed by atoms with Gasteiger partial charge in [0.1, 0.15) is 0 Å².